The zero-order chi connectivity index (χ0) is 52.1. The zero-order valence-corrected chi connectivity index (χ0v) is 43.0. The van der Waals surface area contributed by atoms with Crippen LogP contribution in [-0.2, 0) is 0 Å². The van der Waals surface area contributed by atoms with Crippen molar-refractivity contribution in [2.45, 2.75) is 40.5 Å². The summed E-state index contributed by atoms with van der Waals surface area (Å²) in [6.45, 7) is 9.27. The van der Waals surface area contributed by atoms with Crippen molar-refractivity contribution >= 4 is 74.8 Å². The van der Waals surface area contributed by atoms with Crippen molar-refractivity contribution in [3.05, 3.63) is 211 Å². The first-order valence-electron chi connectivity index (χ1n) is 26.0. The second-order valence-electron chi connectivity index (χ2n) is 19.5. The van der Waals surface area contributed by atoms with Crippen molar-refractivity contribution in [3.8, 4) is 46.2 Å². The first-order valence-corrected chi connectivity index (χ1v) is 26.0. The smallest absolute Gasteiger partial charge is 0.328 e. The maximum Gasteiger partial charge on any atom is 0.328 e. The van der Waals surface area contributed by atoms with Gasteiger partial charge in [0.25, 0.3) is 7.41 Å². The molecule has 0 bridgehead atoms. The molecule has 0 fully saturated rings. The number of hydrogen-bond donors (Lipinski definition) is 0. The number of para-hydroxylation sites is 4. The Hall–Kier alpha value is -9.25. The summed E-state index contributed by atoms with van der Waals surface area (Å²) in [7, 11) is 0.324. The van der Waals surface area contributed by atoms with Gasteiger partial charge in [-0.25, -0.2) is 9.97 Å². The van der Waals surface area contributed by atoms with Crippen LogP contribution in [0.2, 0.25) is 0 Å². The molecule has 7 aromatic carbocycles. The molecule has 0 aliphatic heterocycles. The van der Waals surface area contributed by atoms with E-state index in [-0.39, 0.29) is 22.9 Å². The van der Waals surface area contributed by atoms with E-state index < -0.39 is 6.85 Å². The molecule has 0 aliphatic rings. The number of nitrogens with zero attached hydrogens (tertiary/aromatic N) is 6. The monoisotopic (exact) mass is 992 g/mol. The molecule has 0 aliphatic carbocycles. The van der Waals surface area contributed by atoms with E-state index in [2.05, 4.69) is 109 Å². The molecule has 0 spiro atoms. The molecule has 10 nitrogen and oxygen atoms in total. The number of oxazole rings is 2. The summed E-state index contributed by atoms with van der Waals surface area (Å²) in [5.41, 5.74) is 8.77. The standard InChI is InChI=1S/C64H54B2N6O4/c1-5-42(3)40-73-49-34-30-44(31-35-49)59-57-58(61(71(59)65-46-20-10-7-11-21-46)51(38-67)63-69-53-26-16-18-28-55(53)75-63)60(45-32-36-50(37-33-45)74-41-43(4)6-2)72(66(47-22-12-8-13-23-47)48-24-14-9-15-25-48)62(57)52(39-68)64-70-54-27-17-19-29-56(54)76-64/h7-37,42-43,65H,5-6,40-41H2,1-4H3/b61-51-,62-52-. The van der Waals surface area contributed by atoms with Gasteiger partial charge in [0.1, 0.15) is 45.8 Å². The molecule has 0 amide bonds. The van der Waals surface area contributed by atoms with Crippen molar-refractivity contribution in [1.82, 2.24) is 18.9 Å². The predicted molar refractivity (Wildman–Crippen MR) is 306 cm³/mol. The molecule has 11 aromatic rings. The van der Waals surface area contributed by atoms with Gasteiger partial charge in [-0.15, -0.1) is 0 Å². The first kappa shape index (κ1) is 49.0. The fourth-order valence-corrected chi connectivity index (χ4v) is 9.96. The van der Waals surface area contributed by atoms with Gasteiger partial charge in [-0.2, -0.15) is 10.5 Å². The predicted octanol–water partition coefficient (Wildman–Crippen LogP) is 10.5. The fraction of sp³-hybridized carbons (Fsp3) is 0.156. The second-order valence-corrected chi connectivity index (χ2v) is 19.5. The molecule has 0 saturated carbocycles. The van der Waals surface area contributed by atoms with E-state index in [0.29, 0.717) is 76.1 Å². The van der Waals surface area contributed by atoms with E-state index in [0.717, 1.165) is 63.2 Å². The largest absolute Gasteiger partial charge is 0.493 e. The Balaban J connectivity index is 1.41. The van der Waals surface area contributed by atoms with Crippen molar-refractivity contribution in [2.24, 2.45) is 11.8 Å². The number of nitriles is 2. The van der Waals surface area contributed by atoms with Crippen LogP contribution >= 0.6 is 0 Å². The van der Waals surface area contributed by atoms with Crippen molar-refractivity contribution < 1.29 is 18.3 Å². The number of hydrogen-bond acceptors (Lipinski definition) is 8. The lowest BCUT2D eigenvalue weighted by molar-refractivity contribution is 0.256. The van der Waals surface area contributed by atoms with E-state index in [4.69, 9.17) is 28.3 Å². The third-order valence-corrected chi connectivity index (χ3v) is 14.3. The Kier molecular flexibility index (Phi) is 14.0. The van der Waals surface area contributed by atoms with E-state index in [1.54, 1.807) is 0 Å². The third kappa shape index (κ3) is 9.46. The highest BCUT2D eigenvalue weighted by atomic mass is 16.5. The number of ether oxygens (including phenoxy) is 2. The van der Waals surface area contributed by atoms with Crippen molar-refractivity contribution in [1.29, 1.82) is 10.5 Å². The maximum absolute atomic E-state index is 12.0. The van der Waals surface area contributed by atoms with Crippen LogP contribution in [0, 0.1) is 34.5 Å². The lowest BCUT2D eigenvalue weighted by atomic mass is 9.50. The van der Waals surface area contributed by atoms with Crippen LogP contribution in [0.15, 0.2) is 197 Å². The van der Waals surface area contributed by atoms with Gasteiger partial charge in [-0.05, 0) is 95.8 Å². The van der Waals surface area contributed by atoms with Crippen LogP contribution in [0.5, 0.6) is 11.5 Å². The summed E-state index contributed by atoms with van der Waals surface area (Å²) in [5, 5.41) is 26.4. The zero-order valence-electron chi connectivity index (χ0n) is 43.0. The van der Waals surface area contributed by atoms with Gasteiger partial charge in [0.15, 0.2) is 11.2 Å². The molecular formula is C64H54B2N6O4. The minimum atomic E-state index is -0.552. The Labute approximate surface area is 442 Å². The number of benzene rings is 7. The Morgan fingerprint density at radius 1 is 0.539 bits per heavy atom. The average Bonchev–Trinajstić information content (AvgIpc) is 4.44. The molecular weight excluding hydrogens is 938 g/mol. The van der Waals surface area contributed by atoms with E-state index in [1.807, 2.05) is 127 Å². The Bertz CT molecular complexity index is 3950. The van der Waals surface area contributed by atoms with Gasteiger partial charge >= 0.3 is 6.85 Å². The summed E-state index contributed by atoms with van der Waals surface area (Å²) >= 11 is 0. The second kappa shape index (κ2) is 21.7. The highest BCUT2D eigenvalue weighted by Gasteiger charge is 2.35. The average molecular weight is 993 g/mol. The van der Waals surface area contributed by atoms with E-state index in [1.165, 1.54) is 0 Å². The quantitative estimate of drug-likeness (QED) is 0.0825. The Morgan fingerprint density at radius 2 is 0.961 bits per heavy atom. The maximum atomic E-state index is 12.0. The molecule has 4 heterocycles. The molecule has 0 saturated heterocycles. The Morgan fingerprint density at radius 3 is 1.42 bits per heavy atom. The molecule has 2 unspecified atom stereocenters. The SMILES string of the molecule is CCC(C)COc1ccc(-c2c3/c(=C(\C#N)c4nc5ccccc5o4)n(B(c4ccccc4)c4ccccc4)c(-c4ccc(OCC(C)CC)cc4)c3/c(=C(\C#N)c3nc4ccccc4o3)n2Bc2ccccc2)cc1. The van der Waals surface area contributed by atoms with Crippen LogP contribution in [-0.4, -0.2) is 46.4 Å². The fourth-order valence-electron chi connectivity index (χ4n) is 9.96. The van der Waals surface area contributed by atoms with Crippen molar-refractivity contribution in [3.63, 3.8) is 0 Å². The normalized spacial score (nSPS) is 13.0. The molecule has 0 radical (unpaired) electrons. The first-order chi connectivity index (χ1) is 37.3. The molecule has 11 rings (SSSR count). The lowest BCUT2D eigenvalue weighted by Gasteiger charge is -2.22. The number of rotatable bonds is 17. The number of fused-ring (bicyclic) bond motifs is 3. The molecule has 0 N–H and O–H groups in total. The molecule has 12 heteroatoms. The van der Waals surface area contributed by atoms with Crippen LogP contribution < -0.4 is 36.6 Å². The van der Waals surface area contributed by atoms with Crippen LogP contribution in [0.25, 0.3) is 66.6 Å². The summed E-state index contributed by atoms with van der Waals surface area (Å²) in [6, 6.07) is 67.6. The van der Waals surface area contributed by atoms with Gasteiger partial charge in [-0.1, -0.05) is 172 Å². The van der Waals surface area contributed by atoms with Gasteiger partial charge < -0.3 is 27.3 Å². The highest BCUT2D eigenvalue weighted by Crippen LogP contribution is 2.37. The summed E-state index contributed by atoms with van der Waals surface area (Å²) < 4.78 is 30.5. The third-order valence-electron chi connectivity index (χ3n) is 14.3. The van der Waals surface area contributed by atoms with Crippen LogP contribution in [0.3, 0.4) is 0 Å². The molecule has 76 heavy (non-hydrogen) atoms. The van der Waals surface area contributed by atoms with Gasteiger partial charge in [0.05, 0.1) is 23.9 Å². The minimum absolute atomic E-state index is 0.158. The van der Waals surface area contributed by atoms with Gasteiger partial charge in [0.2, 0.25) is 11.8 Å². The van der Waals surface area contributed by atoms with E-state index in [9.17, 15) is 10.5 Å². The summed E-state index contributed by atoms with van der Waals surface area (Å²) in [4.78, 5) is 10.1. The van der Waals surface area contributed by atoms with E-state index >= 15 is 0 Å². The highest BCUT2D eigenvalue weighted by molar-refractivity contribution is 6.84. The van der Waals surface area contributed by atoms with Crippen molar-refractivity contribution in [2.75, 3.05) is 13.2 Å². The van der Waals surface area contributed by atoms with Crippen LogP contribution in [0.1, 0.15) is 52.3 Å². The number of aromatic nitrogens is 4. The minimum Gasteiger partial charge on any atom is -0.493 e. The molecule has 2 atom stereocenters. The topological polar surface area (TPSA) is 128 Å². The van der Waals surface area contributed by atoms with Crippen LogP contribution in [0.4, 0.5) is 0 Å². The van der Waals surface area contributed by atoms with Gasteiger partial charge in [-0.3, -0.25) is 0 Å². The summed E-state index contributed by atoms with van der Waals surface area (Å²) in [5.74, 6) is 2.51. The molecule has 370 valence electrons. The molecule has 4 aromatic heterocycles. The lowest BCUT2D eigenvalue weighted by Crippen LogP contribution is -2.53. The van der Waals surface area contributed by atoms with Gasteiger partial charge in [0, 0.05) is 22.2 Å². The summed E-state index contributed by atoms with van der Waals surface area (Å²) in [6.07, 6.45) is 1.98.